The van der Waals surface area contributed by atoms with Gasteiger partial charge < -0.3 is 15.5 Å². The SMILES string of the molecule is CN(C)C(=O)c1cccc(C(=O)N2CCC(N)C(C)(C)C2)c1. The summed E-state index contributed by atoms with van der Waals surface area (Å²) in [5.74, 6) is -0.135. The third kappa shape index (κ3) is 3.30. The molecule has 1 heterocycles. The molecule has 1 aliphatic heterocycles. The van der Waals surface area contributed by atoms with Crippen LogP contribution in [0, 0.1) is 5.41 Å². The Morgan fingerprint density at radius 2 is 1.91 bits per heavy atom. The van der Waals surface area contributed by atoms with Crippen LogP contribution in [0.2, 0.25) is 0 Å². The van der Waals surface area contributed by atoms with Crippen molar-refractivity contribution in [1.82, 2.24) is 9.80 Å². The van der Waals surface area contributed by atoms with Crippen molar-refractivity contribution in [3.05, 3.63) is 35.4 Å². The molecule has 0 saturated carbocycles. The quantitative estimate of drug-likeness (QED) is 0.902. The second kappa shape index (κ2) is 6.08. The number of rotatable bonds is 2. The van der Waals surface area contributed by atoms with Crippen LogP contribution in [0.25, 0.3) is 0 Å². The second-order valence-corrected chi connectivity index (χ2v) is 6.89. The Kier molecular flexibility index (Phi) is 4.56. The van der Waals surface area contributed by atoms with E-state index in [0.29, 0.717) is 24.2 Å². The van der Waals surface area contributed by atoms with Crippen LogP contribution >= 0.6 is 0 Å². The van der Waals surface area contributed by atoms with Crippen molar-refractivity contribution in [3.8, 4) is 0 Å². The van der Waals surface area contributed by atoms with Gasteiger partial charge in [-0.3, -0.25) is 9.59 Å². The summed E-state index contributed by atoms with van der Waals surface area (Å²) in [6.45, 7) is 5.47. The number of nitrogens with zero attached hydrogens (tertiary/aromatic N) is 2. The van der Waals surface area contributed by atoms with Gasteiger partial charge in [0.1, 0.15) is 0 Å². The minimum absolute atomic E-state index is 0.0339. The first-order valence-electron chi connectivity index (χ1n) is 7.59. The largest absolute Gasteiger partial charge is 0.345 e. The van der Waals surface area contributed by atoms with Gasteiger partial charge in [0.25, 0.3) is 11.8 Å². The molecule has 0 aromatic heterocycles. The summed E-state index contributed by atoms with van der Waals surface area (Å²) in [6, 6.07) is 7.03. The van der Waals surface area contributed by atoms with E-state index in [9.17, 15) is 9.59 Å². The Hall–Kier alpha value is -1.88. The lowest BCUT2D eigenvalue weighted by molar-refractivity contribution is 0.0533. The summed E-state index contributed by atoms with van der Waals surface area (Å²) < 4.78 is 0. The molecule has 1 aromatic rings. The van der Waals surface area contributed by atoms with Crippen molar-refractivity contribution in [3.63, 3.8) is 0 Å². The molecule has 1 fully saturated rings. The highest BCUT2D eigenvalue weighted by Crippen LogP contribution is 2.28. The molecule has 2 N–H and O–H groups in total. The van der Waals surface area contributed by atoms with E-state index in [1.807, 2.05) is 4.90 Å². The number of carbonyl (C=O) groups is 2. The van der Waals surface area contributed by atoms with Gasteiger partial charge in [-0.25, -0.2) is 0 Å². The minimum Gasteiger partial charge on any atom is -0.345 e. The molecular formula is C17H25N3O2. The lowest BCUT2D eigenvalue weighted by atomic mass is 9.79. The van der Waals surface area contributed by atoms with E-state index in [1.54, 1.807) is 38.4 Å². The summed E-state index contributed by atoms with van der Waals surface area (Å²) in [4.78, 5) is 28.1. The minimum atomic E-state index is -0.101. The van der Waals surface area contributed by atoms with Crippen LogP contribution in [0.4, 0.5) is 0 Å². The Balaban J connectivity index is 2.20. The molecule has 0 spiro atoms. The van der Waals surface area contributed by atoms with Crippen LogP contribution < -0.4 is 5.73 Å². The van der Waals surface area contributed by atoms with Gasteiger partial charge in [0, 0.05) is 44.4 Å². The van der Waals surface area contributed by atoms with Gasteiger partial charge >= 0.3 is 0 Å². The maximum absolute atomic E-state index is 12.7. The molecule has 0 aliphatic carbocycles. The van der Waals surface area contributed by atoms with E-state index < -0.39 is 0 Å². The van der Waals surface area contributed by atoms with Crippen LogP contribution in [-0.2, 0) is 0 Å². The first-order valence-corrected chi connectivity index (χ1v) is 7.59. The molecule has 1 aromatic carbocycles. The number of hydrogen-bond acceptors (Lipinski definition) is 3. The third-order valence-corrected chi connectivity index (χ3v) is 4.36. The van der Waals surface area contributed by atoms with Gasteiger partial charge in [-0.2, -0.15) is 0 Å². The van der Waals surface area contributed by atoms with E-state index in [1.165, 1.54) is 4.90 Å². The average Bonchev–Trinajstić information content (AvgIpc) is 2.48. The van der Waals surface area contributed by atoms with E-state index >= 15 is 0 Å². The molecule has 1 atom stereocenters. The van der Waals surface area contributed by atoms with Gasteiger partial charge in [-0.05, 0) is 30.0 Å². The summed E-state index contributed by atoms with van der Waals surface area (Å²) >= 11 is 0. The first-order chi connectivity index (χ1) is 10.2. The number of hydrogen-bond donors (Lipinski definition) is 1. The van der Waals surface area contributed by atoms with Gasteiger partial charge in [0.2, 0.25) is 0 Å². The van der Waals surface area contributed by atoms with Crippen LogP contribution in [-0.4, -0.2) is 54.8 Å². The standard InChI is InChI=1S/C17H25N3O2/c1-17(2)11-20(9-8-14(17)18)16(22)13-7-5-6-12(10-13)15(21)19(3)4/h5-7,10,14H,8-9,11,18H2,1-4H3. The van der Waals surface area contributed by atoms with Crippen LogP contribution in [0.3, 0.4) is 0 Å². The number of nitrogens with two attached hydrogens (primary N) is 1. The smallest absolute Gasteiger partial charge is 0.253 e. The molecule has 120 valence electrons. The Labute approximate surface area is 132 Å². The number of piperidine rings is 1. The van der Waals surface area contributed by atoms with Crippen molar-refractivity contribution in [2.45, 2.75) is 26.3 Å². The van der Waals surface area contributed by atoms with Crippen LogP contribution in [0.15, 0.2) is 24.3 Å². The summed E-state index contributed by atoms with van der Waals surface area (Å²) in [7, 11) is 3.40. The topological polar surface area (TPSA) is 66.6 Å². The van der Waals surface area contributed by atoms with Crippen molar-refractivity contribution < 1.29 is 9.59 Å². The normalized spacial score (nSPS) is 20.6. The molecule has 1 saturated heterocycles. The number of likely N-dealkylation sites (tertiary alicyclic amines) is 1. The first kappa shape index (κ1) is 16.5. The van der Waals surface area contributed by atoms with E-state index in [-0.39, 0.29) is 23.3 Å². The molecule has 5 nitrogen and oxygen atoms in total. The van der Waals surface area contributed by atoms with Crippen molar-refractivity contribution in [2.24, 2.45) is 11.1 Å². The fourth-order valence-corrected chi connectivity index (χ4v) is 2.77. The highest BCUT2D eigenvalue weighted by atomic mass is 16.2. The zero-order valence-corrected chi connectivity index (χ0v) is 13.8. The molecule has 2 amide bonds. The second-order valence-electron chi connectivity index (χ2n) is 6.89. The molecule has 0 bridgehead atoms. The zero-order chi connectivity index (χ0) is 16.5. The maximum atomic E-state index is 12.7. The number of carbonyl (C=O) groups excluding carboxylic acids is 2. The molecule has 0 radical (unpaired) electrons. The Morgan fingerprint density at radius 3 is 2.50 bits per heavy atom. The van der Waals surface area contributed by atoms with Crippen molar-refractivity contribution in [2.75, 3.05) is 27.2 Å². The van der Waals surface area contributed by atoms with E-state index in [2.05, 4.69) is 13.8 Å². The van der Waals surface area contributed by atoms with Gasteiger partial charge in [-0.1, -0.05) is 19.9 Å². The van der Waals surface area contributed by atoms with E-state index in [4.69, 9.17) is 5.73 Å². The zero-order valence-electron chi connectivity index (χ0n) is 13.8. The number of amides is 2. The molecule has 1 unspecified atom stereocenters. The maximum Gasteiger partial charge on any atom is 0.253 e. The molecule has 5 heteroatoms. The number of benzene rings is 1. The fraction of sp³-hybridized carbons (Fsp3) is 0.529. The summed E-state index contributed by atoms with van der Waals surface area (Å²) in [5.41, 5.74) is 7.12. The Morgan fingerprint density at radius 1 is 1.27 bits per heavy atom. The van der Waals surface area contributed by atoms with Crippen molar-refractivity contribution in [1.29, 1.82) is 0 Å². The van der Waals surface area contributed by atoms with E-state index in [0.717, 1.165) is 6.42 Å². The third-order valence-electron chi connectivity index (χ3n) is 4.36. The Bertz CT molecular complexity index is 581. The van der Waals surface area contributed by atoms with Crippen LogP contribution in [0.5, 0.6) is 0 Å². The molecule has 22 heavy (non-hydrogen) atoms. The highest BCUT2D eigenvalue weighted by molar-refractivity contribution is 5.99. The predicted octanol–water partition coefficient (Wildman–Crippen LogP) is 1.59. The fourth-order valence-electron chi connectivity index (χ4n) is 2.77. The monoisotopic (exact) mass is 303 g/mol. The summed E-state index contributed by atoms with van der Waals surface area (Å²) in [5, 5.41) is 0. The van der Waals surface area contributed by atoms with Crippen LogP contribution in [0.1, 0.15) is 41.0 Å². The van der Waals surface area contributed by atoms with Gasteiger partial charge in [-0.15, -0.1) is 0 Å². The molecule has 2 rings (SSSR count). The lowest BCUT2D eigenvalue weighted by Crippen LogP contribution is -2.54. The van der Waals surface area contributed by atoms with Gasteiger partial charge in [0.15, 0.2) is 0 Å². The lowest BCUT2D eigenvalue weighted by Gasteiger charge is -2.42. The average molecular weight is 303 g/mol. The molecule has 1 aliphatic rings. The molecular weight excluding hydrogens is 278 g/mol. The van der Waals surface area contributed by atoms with Crippen molar-refractivity contribution >= 4 is 11.8 Å². The van der Waals surface area contributed by atoms with Gasteiger partial charge in [0.05, 0.1) is 0 Å². The highest BCUT2D eigenvalue weighted by Gasteiger charge is 2.35. The summed E-state index contributed by atoms with van der Waals surface area (Å²) in [6.07, 6.45) is 0.801. The predicted molar refractivity (Wildman–Crippen MR) is 86.7 cm³/mol.